The van der Waals surface area contributed by atoms with Gasteiger partial charge in [0, 0.05) is 39.2 Å². The molecule has 1 fully saturated rings. The van der Waals surface area contributed by atoms with E-state index in [0.717, 1.165) is 77.3 Å². The van der Waals surface area contributed by atoms with Crippen molar-refractivity contribution < 1.29 is 14.3 Å². The third-order valence-electron chi connectivity index (χ3n) is 4.33. The van der Waals surface area contributed by atoms with E-state index in [1.54, 1.807) is 0 Å². The van der Waals surface area contributed by atoms with Gasteiger partial charge >= 0.3 is 5.97 Å². The molecule has 0 aromatic heterocycles. The molecule has 26 heavy (non-hydrogen) atoms. The Balaban J connectivity index is 0.00000625. The number of likely N-dealkylation sites (tertiary alicyclic amines) is 1. The summed E-state index contributed by atoms with van der Waals surface area (Å²) in [6.07, 6.45) is 7.23. The van der Waals surface area contributed by atoms with E-state index in [-0.39, 0.29) is 29.9 Å². The standard InChI is InChI=1S/C19H37N3O3.HI/c1-4-20-19(22-15-12-17(13-16-22)24-5-2)21-14-10-8-7-9-11-18(23)25-6-3;/h17H,4-16H2,1-3H3,(H,20,21);1H. The van der Waals surface area contributed by atoms with Gasteiger partial charge in [-0.1, -0.05) is 12.8 Å². The molecule has 0 aliphatic carbocycles. The van der Waals surface area contributed by atoms with Crippen molar-refractivity contribution in [3.05, 3.63) is 0 Å². The largest absolute Gasteiger partial charge is 0.466 e. The summed E-state index contributed by atoms with van der Waals surface area (Å²) in [5.41, 5.74) is 0. The van der Waals surface area contributed by atoms with Gasteiger partial charge in [0.05, 0.1) is 12.7 Å². The molecule has 1 aliphatic heterocycles. The van der Waals surface area contributed by atoms with Crippen LogP contribution in [0.1, 0.15) is 65.7 Å². The predicted octanol–water partition coefficient (Wildman–Crippen LogP) is 3.58. The first-order valence-electron chi connectivity index (χ1n) is 10.0. The average Bonchev–Trinajstić information content (AvgIpc) is 2.61. The van der Waals surface area contributed by atoms with E-state index in [9.17, 15) is 4.79 Å². The van der Waals surface area contributed by atoms with Gasteiger partial charge in [-0.3, -0.25) is 9.79 Å². The summed E-state index contributed by atoms with van der Waals surface area (Å²) in [5.74, 6) is 0.953. The third-order valence-corrected chi connectivity index (χ3v) is 4.33. The summed E-state index contributed by atoms with van der Waals surface area (Å²) >= 11 is 0. The molecule has 0 radical (unpaired) electrons. The molecule has 0 saturated carbocycles. The van der Waals surface area contributed by atoms with Crippen LogP contribution >= 0.6 is 24.0 Å². The second-order valence-corrected chi connectivity index (χ2v) is 6.35. The van der Waals surface area contributed by atoms with Gasteiger partial charge in [-0.15, -0.1) is 24.0 Å². The van der Waals surface area contributed by atoms with Gasteiger partial charge < -0.3 is 19.7 Å². The second kappa shape index (κ2) is 16.6. The Labute approximate surface area is 176 Å². The number of nitrogens with zero attached hydrogens (tertiary/aromatic N) is 2. The Morgan fingerprint density at radius 3 is 2.38 bits per heavy atom. The molecular weight excluding hydrogens is 445 g/mol. The monoisotopic (exact) mass is 483 g/mol. The van der Waals surface area contributed by atoms with E-state index in [4.69, 9.17) is 14.5 Å². The first-order valence-corrected chi connectivity index (χ1v) is 10.0. The normalized spacial score (nSPS) is 15.5. The van der Waals surface area contributed by atoms with Gasteiger partial charge in [-0.25, -0.2) is 0 Å². The first kappa shape index (κ1) is 25.4. The molecular formula is C19H38IN3O3. The van der Waals surface area contributed by atoms with E-state index in [1.165, 1.54) is 0 Å². The van der Waals surface area contributed by atoms with Gasteiger partial charge in [0.2, 0.25) is 0 Å². The first-order chi connectivity index (χ1) is 12.2. The van der Waals surface area contributed by atoms with E-state index < -0.39 is 0 Å². The number of halogens is 1. The summed E-state index contributed by atoms with van der Waals surface area (Å²) in [5, 5.41) is 3.40. The molecule has 0 amide bonds. The van der Waals surface area contributed by atoms with Gasteiger partial charge in [-0.05, 0) is 46.5 Å². The zero-order chi connectivity index (χ0) is 18.3. The molecule has 1 saturated heterocycles. The topological polar surface area (TPSA) is 63.2 Å². The van der Waals surface area contributed by atoms with Crippen LogP contribution in [0, 0.1) is 0 Å². The number of ether oxygens (including phenoxy) is 2. The molecule has 1 N–H and O–H groups in total. The summed E-state index contributed by atoms with van der Waals surface area (Å²) in [7, 11) is 0. The van der Waals surface area contributed by atoms with Crippen molar-refractivity contribution in [3.63, 3.8) is 0 Å². The maximum atomic E-state index is 11.3. The Morgan fingerprint density at radius 1 is 1.08 bits per heavy atom. The van der Waals surface area contributed by atoms with E-state index >= 15 is 0 Å². The second-order valence-electron chi connectivity index (χ2n) is 6.35. The van der Waals surface area contributed by atoms with Crippen LogP contribution in [0.2, 0.25) is 0 Å². The minimum atomic E-state index is -0.0783. The number of nitrogens with one attached hydrogen (secondary N) is 1. The minimum Gasteiger partial charge on any atom is -0.466 e. The molecule has 0 spiro atoms. The highest BCUT2D eigenvalue weighted by atomic mass is 127. The molecule has 7 heteroatoms. The fraction of sp³-hybridized carbons (Fsp3) is 0.895. The van der Waals surface area contributed by atoms with Crippen LogP contribution in [0.4, 0.5) is 0 Å². The molecule has 1 heterocycles. The summed E-state index contributed by atoms with van der Waals surface area (Å²) in [6, 6.07) is 0. The Bertz CT molecular complexity index is 386. The number of esters is 1. The van der Waals surface area contributed by atoms with Crippen molar-refractivity contribution >= 4 is 35.9 Å². The maximum Gasteiger partial charge on any atom is 0.305 e. The fourth-order valence-electron chi connectivity index (χ4n) is 3.05. The van der Waals surface area contributed by atoms with Gasteiger partial charge in [-0.2, -0.15) is 0 Å². The molecule has 154 valence electrons. The lowest BCUT2D eigenvalue weighted by molar-refractivity contribution is -0.143. The van der Waals surface area contributed by atoms with E-state index in [1.807, 2.05) is 6.92 Å². The number of aliphatic imine (C=N–C) groups is 1. The number of unbranched alkanes of at least 4 members (excludes halogenated alkanes) is 3. The van der Waals surface area contributed by atoms with Gasteiger partial charge in [0.15, 0.2) is 5.96 Å². The molecule has 0 aromatic rings. The summed E-state index contributed by atoms with van der Waals surface area (Å²) < 4.78 is 10.7. The van der Waals surface area contributed by atoms with Crippen LogP contribution in [0.3, 0.4) is 0 Å². The fourth-order valence-corrected chi connectivity index (χ4v) is 3.05. The van der Waals surface area contributed by atoms with Gasteiger partial charge in [0.1, 0.15) is 0 Å². The molecule has 1 rings (SSSR count). The number of carbonyl (C=O) groups is 1. The van der Waals surface area contributed by atoms with Crippen LogP contribution < -0.4 is 5.32 Å². The Hall–Kier alpha value is -0.570. The van der Waals surface area contributed by atoms with Crippen LogP contribution in [0.15, 0.2) is 4.99 Å². The SMILES string of the molecule is CCNC(=NCCCCCCC(=O)OCC)N1CCC(OCC)CC1.I. The Kier molecular flexibility index (Phi) is 16.2. The number of guanidine groups is 1. The quantitative estimate of drug-likeness (QED) is 0.160. The number of piperidine rings is 1. The van der Waals surface area contributed by atoms with Crippen molar-refractivity contribution in [3.8, 4) is 0 Å². The number of hydrogen-bond donors (Lipinski definition) is 1. The summed E-state index contributed by atoms with van der Waals surface area (Å²) in [4.78, 5) is 18.4. The highest BCUT2D eigenvalue weighted by Gasteiger charge is 2.21. The van der Waals surface area contributed by atoms with Crippen LogP contribution in [-0.2, 0) is 14.3 Å². The van der Waals surface area contributed by atoms with E-state index in [0.29, 0.717) is 19.1 Å². The van der Waals surface area contributed by atoms with Crippen molar-refractivity contribution in [2.24, 2.45) is 4.99 Å². The summed E-state index contributed by atoms with van der Waals surface area (Å²) in [6.45, 7) is 11.0. The van der Waals surface area contributed by atoms with Crippen LogP contribution in [0.25, 0.3) is 0 Å². The number of rotatable bonds is 11. The lowest BCUT2D eigenvalue weighted by Crippen LogP contribution is -2.47. The molecule has 0 aromatic carbocycles. The lowest BCUT2D eigenvalue weighted by Gasteiger charge is -2.34. The molecule has 0 atom stereocenters. The zero-order valence-corrected chi connectivity index (χ0v) is 19.1. The number of carbonyl (C=O) groups excluding carboxylic acids is 1. The lowest BCUT2D eigenvalue weighted by atomic mass is 10.1. The Morgan fingerprint density at radius 2 is 1.77 bits per heavy atom. The van der Waals surface area contributed by atoms with E-state index in [2.05, 4.69) is 24.1 Å². The van der Waals surface area contributed by atoms with Gasteiger partial charge in [0.25, 0.3) is 0 Å². The molecule has 6 nitrogen and oxygen atoms in total. The molecule has 0 unspecified atom stereocenters. The number of hydrogen-bond acceptors (Lipinski definition) is 4. The molecule has 1 aliphatic rings. The highest BCUT2D eigenvalue weighted by molar-refractivity contribution is 14.0. The van der Waals surface area contributed by atoms with Crippen molar-refractivity contribution in [2.75, 3.05) is 39.4 Å². The smallest absolute Gasteiger partial charge is 0.305 e. The van der Waals surface area contributed by atoms with Crippen LogP contribution in [0.5, 0.6) is 0 Å². The predicted molar refractivity (Wildman–Crippen MR) is 117 cm³/mol. The zero-order valence-electron chi connectivity index (χ0n) is 16.8. The van der Waals surface area contributed by atoms with Crippen LogP contribution in [-0.4, -0.2) is 62.3 Å². The average molecular weight is 483 g/mol. The van der Waals surface area contributed by atoms with Crippen molar-refractivity contribution in [1.29, 1.82) is 0 Å². The van der Waals surface area contributed by atoms with Crippen molar-refractivity contribution in [1.82, 2.24) is 10.2 Å². The highest BCUT2D eigenvalue weighted by Crippen LogP contribution is 2.14. The maximum absolute atomic E-state index is 11.3. The minimum absolute atomic E-state index is 0. The third kappa shape index (κ3) is 11.2. The molecule has 0 bridgehead atoms. The van der Waals surface area contributed by atoms with Crippen molar-refractivity contribution in [2.45, 2.75) is 71.8 Å².